The van der Waals surface area contributed by atoms with Gasteiger partial charge in [-0.2, -0.15) is 0 Å². The van der Waals surface area contributed by atoms with Crippen molar-refractivity contribution in [3.05, 3.63) is 18.2 Å². The van der Waals surface area contributed by atoms with Crippen LogP contribution in [0, 0.1) is 0 Å². The van der Waals surface area contributed by atoms with E-state index in [0.717, 1.165) is 12.6 Å². The zero-order valence-electron chi connectivity index (χ0n) is 12.2. The summed E-state index contributed by atoms with van der Waals surface area (Å²) in [6.45, 7) is 7.92. The summed E-state index contributed by atoms with van der Waals surface area (Å²) in [5, 5.41) is 3.62. The summed E-state index contributed by atoms with van der Waals surface area (Å²) in [5.41, 5.74) is 1.36. The minimum absolute atomic E-state index is 0.503. The monoisotopic (exact) mass is 262 g/mol. The van der Waals surface area contributed by atoms with Gasteiger partial charge in [-0.3, -0.25) is 4.90 Å². The quantitative estimate of drug-likeness (QED) is 0.853. The van der Waals surface area contributed by atoms with Crippen LogP contribution in [0.3, 0.4) is 0 Å². The molecule has 4 heteroatoms. The number of imidazole rings is 1. The Morgan fingerprint density at radius 3 is 2.89 bits per heavy atom. The molecule has 1 saturated heterocycles. The van der Waals surface area contributed by atoms with Gasteiger partial charge in [-0.15, -0.1) is 0 Å². The molecule has 1 atom stereocenters. The van der Waals surface area contributed by atoms with Crippen LogP contribution < -0.4 is 5.32 Å². The summed E-state index contributed by atoms with van der Waals surface area (Å²) >= 11 is 0. The van der Waals surface area contributed by atoms with Crippen LogP contribution in [0.4, 0.5) is 0 Å². The van der Waals surface area contributed by atoms with Crippen LogP contribution in [0.5, 0.6) is 0 Å². The highest BCUT2D eigenvalue weighted by Crippen LogP contribution is 2.29. The Kier molecular flexibility index (Phi) is 3.89. The van der Waals surface area contributed by atoms with E-state index in [1.807, 2.05) is 12.5 Å². The van der Waals surface area contributed by atoms with E-state index in [4.69, 9.17) is 0 Å². The average molecular weight is 262 g/mol. The summed E-state index contributed by atoms with van der Waals surface area (Å²) in [6.07, 6.45) is 9.45. The minimum Gasteiger partial charge on any atom is -0.331 e. The maximum atomic E-state index is 4.33. The highest BCUT2D eigenvalue weighted by atomic mass is 15.2. The second-order valence-electron chi connectivity index (χ2n) is 6.34. The van der Waals surface area contributed by atoms with Crippen molar-refractivity contribution in [1.82, 2.24) is 19.8 Å². The maximum Gasteiger partial charge on any atom is 0.0951 e. The van der Waals surface area contributed by atoms with Crippen LogP contribution in [0.1, 0.15) is 51.3 Å². The largest absolute Gasteiger partial charge is 0.331 e. The minimum atomic E-state index is 0.503. The highest BCUT2D eigenvalue weighted by Gasteiger charge is 2.31. The molecule has 106 valence electrons. The Balaban J connectivity index is 1.65. The molecule has 4 nitrogen and oxygen atoms in total. The van der Waals surface area contributed by atoms with Crippen molar-refractivity contribution in [3.63, 3.8) is 0 Å². The molecule has 1 aromatic rings. The first kappa shape index (κ1) is 13.1. The lowest BCUT2D eigenvalue weighted by molar-refractivity contribution is 0.224. The third-order valence-electron chi connectivity index (χ3n) is 4.35. The molecule has 2 aliphatic rings. The number of rotatable bonds is 6. The van der Waals surface area contributed by atoms with Crippen molar-refractivity contribution in [2.24, 2.45) is 0 Å². The van der Waals surface area contributed by atoms with Gasteiger partial charge in [0, 0.05) is 37.4 Å². The van der Waals surface area contributed by atoms with Gasteiger partial charge in [0.05, 0.1) is 12.0 Å². The highest BCUT2D eigenvalue weighted by molar-refractivity contribution is 5.02. The fourth-order valence-corrected chi connectivity index (χ4v) is 3.11. The number of aromatic nitrogens is 2. The SMILES string of the molecule is CC(C)n1cncc1CN(CC1CCCN1)C1CC1. The summed E-state index contributed by atoms with van der Waals surface area (Å²) in [5.74, 6) is 0. The number of nitrogens with one attached hydrogen (secondary N) is 1. The molecule has 3 rings (SSSR count). The third kappa shape index (κ3) is 3.18. The van der Waals surface area contributed by atoms with Crippen molar-refractivity contribution in [1.29, 1.82) is 0 Å². The second-order valence-corrected chi connectivity index (χ2v) is 6.34. The topological polar surface area (TPSA) is 33.1 Å². The lowest BCUT2D eigenvalue weighted by Crippen LogP contribution is -2.38. The van der Waals surface area contributed by atoms with Gasteiger partial charge in [-0.05, 0) is 46.1 Å². The molecule has 1 aliphatic heterocycles. The Morgan fingerprint density at radius 2 is 2.26 bits per heavy atom. The smallest absolute Gasteiger partial charge is 0.0951 e. The standard InChI is InChI=1S/C15H26N4/c1-12(2)19-11-16-8-15(19)10-18(14-5-6-14)9-13-4-3-7-17-13/h8,11-14,17H,3-7,9-10H2,1-2H3. The predicted molar refractivity (Wildman–Crippen MR) is 77.1 cm³/mol. The van der Waals surface area contributed by atoms with Gasteiger partial charge in [0.25, 0.3) is 0 Å². The zero-order chi connectivity index (χ0) is 13.2. The molecule has 0 spiro atoms. The van der Waals surface area contributed by atoms with Crippen molar-refractivity contribution >= 4 is 0 Å². The van der Waals surface area contributed by atoms with Gasteiger partial charge >= 0.3 is 0 Å². The number of hydrogen-bond donors (Lipinski definition) is 1. The maximum absolute atomic E-state index is 4.33. The lowest BCUT2D eigenvalue weighted by Gasteiger charge is -2.26. The van der Waals surface area contributed by atoms with Crippen LogP contribution in [-0.2, 0) is 6.54 Å². The molecule has 0 bridgehead atoms. The Labute approximate surface area is 116 Å². The Bertz CT molecular complexity index is 402. The molecule has 1 N–H and O–H groups in total. The first-order valence-electron chi connectivity index (χ1n) is 7.72. The van der Waals surface area contributed by atoms with Crippen LogP contribution in [-0.4, -0.2) is 39.6 Å². The summed E-state index contributed by atoms with van der Waals surface area (Å²) in [7, 11) is 0. The Morgan fingerprint density at radius 1 is 1.42 bits per heavy atom. The first-order chi connectivity index (χ1) is 9.24. The lowest BCUT2D eigenvalue weighted by atomic mass is 10.2. The van der Waals surface area contributed by atoms with E-state index in [1.165, 1.54) is 44.5 Å². The fourth-order valence-electron chi connectivity index (χ4n) is 3.11. The van der Waals surface area contributed by atoms with Gasteiger partial charge in [0.2, 0.25) is 0 Å². The zero-order valence-corrected chi connectivity index (χ0v) is 12.2. The number of hydrogen-bond acceptors (Lipinski definition) is 3. The molecule has 2 heterocycles. The van der Waals surface area contributed by atoms with E-state index >= 15 is 0 Å². The molecule has 2 fully saturated rings. The summed E-state index contributed by atoms with van der Waals surface area (Å²) < 4.78 is 2.30. The molecule has 1 aromatic heterocycles. The van der Waals surface area contributed by atoms with E-state index in [-0.39, 0.29) is 0 Å². The molecule has 19 heavy (non-hydrogen) atoms. The van der Waals surface area contributed by atoms with Crippen molar-refractivity contribution in [2.75, 3.05) is 13.1 Å². The summed E-state index contributed by atoms with van der Waals surface area (Å²) in [4.78, 5) is 6.99. The Hall–Kier alpha value is -0.870. The van der Waals surface area contributed by atoms with Crippen molar-refractivity contribution in [2.45, 2.75) is 64.2 Å². The molecular formula is C15H26N4. The van der Waals surface area contributed by atoms with Gasteiger partial charge in [0.15, 0.2) is 0 Å². The average Bonchev–Trinajstić information content (AvgIpc) is 2.90. The van der Waals surface area contributed by atoms with E-state index in [0.29, 0.717) is 12.1 Å². The van der Waals surface area contributed by atoms with Crippen LogP contribution >= 0.6 is 0 Å². The number of nitrogens with zero attached hydrogens (tertiary/aromatic N) is 3. The summed E-state index contributed by atoms with van der Waals surface area (Å²) in [6, 6.07) is 2.03. The van der Waals surface area contributed by atoms with Crippen LogP contribution in [0.2, 0.25) is 0 Å². The second kappa shape index (κ2) is 5.63. The predicted octanol–water partition coefficient (Wildman–Crippen LogP) is 2.18. The van der Waals surface area contributed by atoms with Gasteiger partial charge in [-0.1, -0.05) is 0 Å². The normalized spacial score (nSPS) is 23.7. The van der Waals surface area contributed by atoms with E-state index < -0.39 is 0 Å². The van der Waals surface area contributed by atoms with E-state index in [9.17, 15) is 0 Å². The van der Waals surface area contributed by atoms with Crippen molar-refractivity contribution in [3.8, 4) is 0 Å². The van der Waals surface area contributed by atoms with Crippen molar-refractivity contribution < 1.29 is 0 Å². The van der Waals surface area contributed by atoms with Crippen LogP contribution in [0.25, 0.3) is 0 Å². The molecule has 1 unspecified atom stereocenters. The van der Waals surface area contributed by atoms with Gasteiger partial charge in [0.1, 0.15) is 0 Å². The van der Waals surface area contributed by atoms with E-state index in [1.54, 1.807) is 0 Å². The molecule has 0 amide bonds. The molecular weight excluding hydrogens is 236 g/mol. The van der Waals surface area contributed by atoms with Gasteiger partial charge < -0.3 is 9.88 Å². The molecule has 0 radical (unpaired) electrons. The van der Waals surface area contributed by atoms with E-state index in [2.05, 4.69) is 33.6 Å². The van der Waals surface area contributed by atoms with Crippen LogP contribution in [0.15, 0.2) is 12.5 Å². The molecule has 1 aliphatic carbocycles. The van der Waals surface area contributed by atoms with Gasteiger partial charge in [-0.25, -0.2) is 4.98 Å². The fraction of sp³-hybridized carbons (Fsp3) is 0.800. The molecule has 0 aromatic carbocycles. The third-order valence-corrected chi connectivity index (χ3v) is 4.35. The molecule has 1 saturated carbocycles. The first-order valence-corrected chi connectivity index (χ1v) is 7.72.